The first kappa shape index (κ1) is 25.7. The fraction of sp³-hybridized carbons (Fsp3) is 0.387. The van der Waals surface area contributed by atoms with Crippen LogP contribution in [0.4, 0.5) is 0 Å². The van der Waals surface area contributed by atoms with Crippen molar-refractivity contribution in [2.75, 3.05) is 6.61 Å². The van der Waals surface area contributed by atoms with E-state index in [2.05, 4.69) is 64.1 Å². The van der Waals surface area contributed by atoms with Gasteiger partial charge in [-0.05, 0) is 78.6 Å². The molecule has 2 unspecified atom stereocenters. The van der Waals surface area contributed by atoms with E-state index in [-0.39, 0.29) is 12.1 Å². The van der Waals surface area contributed by atoms with Gasteiger partial charge in [-0.25, -0.2) is 4.79 Å². The van der Waals surface area contributed by atoms with E-state index in [1.165, 1.54) is 24.0 Å². The normalized spacial score (nSPS) is 12.8. The SMILES string of the molecule is CCCCOC(C)c1ccc(-c2ccc(C(=O)Oc3ccc(C(CC)CCC)cc3)cc2)cc1. The molecule has 0 saturated carbocycles. The van der Waals surface area contributed by atoms with E-state index in [4.69, 9.17) is 9.47 Å². The maximum atomic E-state index is 12.6. The van der Waals surface area contributed by atoms with Crippen LogP contribution in [0.3, 0.4) is 0 Å². The topological polar surface area (TPSA) is 35.5 Å². The minimum atomic E-state index is -0.340. The average molecular weight is 459 g/mol. The molecule has 0 bridgehead atoms. The van der Waals surface area contributed by atoms with Gasteiger partial charge in [0.15, 0.2) is 0 Å². The van der Waals surface area contributed by atoms with Gasteiger partial charge in [0.1, 0.15) is 5.75 Å². The fourth-order valence-electron chi connectivity index (χ4n) is 4.17. The lowest BCUT2D eigenvalue weighted by molar-refractivity contribution is 0.0637. The number of carbonyl (C=O) groups excluding carboxylic acids is 1. The molecule has 2 atom stereocenters. The molecule has 0 amide bonds. The van der Waals surface area contributed by atoms with Gasteiger partial charge in [0, 0.05) is 6.61 Å². The molecule has 3 heteroatoms. The van der Waals surface area contributed by atoms with E-state index in [0.717, 1.165) is 37.0 Å². The standard InChI is InChI=1S/C31H38O3/c1-5-8-22-33-23(4)25-10-12-27(13-11-25)28-14-16-29(17-15-28)31(32)34-30-20-18-26(19-21-30)24(7-3)9-6-2/h10-21,23-24H,5-9,22H2,1-4H3. The Balaban J connectivity index is 1.60. The molecule has 0 radical (unpaired) electrons. The Morgan fingerprint density at radius 1 is 0.765 bits per heavy atom. The summed E-state index contributed by atoms with van der Waals surface area (Å²) in [5.41, 5.74) is 5.19. The highest BCUT2D eigenvalue weighted by atomic mass is 16.5. The highest BCUT2D eigenvalue weighted by molar-refractivity contribution is 5.91. The smallest absolute Gasteiger partial charge is 0.343 e. The molecule has 0 spiro atoms. The third kappa shape index (κ3) is 7.04. The monoisotopic (exact) mass is 458 g/mol. The number of hydrogen-bond acceptors (Lipinski definition) is 3. The van der Waals surface area contributed by atoms with Gasteiger partial charge in [-0.15, -0.1) is 0 Å². The van der Waals surface area contributed by atoms with Gasteiger partial charge in [-0.3, -0.25) is 0 Å². The second kappa shape index (κ2) is 13.1. The van der Waals surface area contributed by atoms with Gasteiger partial charge in [-0.2, -0.15) is 0 Å². The molecule has 0 aliphatic rings. The Morgan fingerprint density at radius 3 is 1.91 bits per heavy atom. The molecule has 3 aromatic carbocycles. The van der Waals surface area contributed by atoms with Crippen LogP contribution < -0.4 is 4.74 Å². The average Bonchev–Trinajstić information content (AvgIpc) is 2.88. The van der Waals surface area contributed by atoms with E-state index in [0.29, 0.717) is 17.2 Å². The van der Waals surface area contributed by atoms with Gasteiger partial charge in [0.05, 0.1) is 11.7 Å². The highest BCUT2D eigenvalue weighted by Crippen LogP contribution is 2.27. The lowest BCUT2D eigenvalue weighted by Gasteiger charge is -2.14. The number of rotatable bonds is 12. The van der Waals surface area contributed by atoms with E-state index < -0.39 is 0 Å². The van der Waals surface area contributed by atoms with E-state index in [1.807, 2.05) is 36.4 Å². The molecule has 180 valence electrons. The number of hydrogen-bond donors (Lipinski definition) is 0. The predicted molar refractivity (Wildman–Crippen MR) is 140 cm³/mol. The van der Waals surface area contributed by atoms with Crippen LogP contribution in [0.15, 0.2) is 72.8 Å². The van der Waals surface area contributed by atoms with Gasteiger partial charge in [0.2, 0.25) is 0 Å². The van der Waals surface area contributed by atoms with Crippen molar-refractivity contribution in [2.45, 2.75) is 71.8 Å². The number of carbonyl (C=O) groups is 1. The van der Waals surface area contributed by atoms with Crippen LogP contribution in [0.2, 0.25) is 0 Å². The first-order valence-electron chi connectivity index (χ1n) is 12.7. The molecule has 0 heterocycles. The summed E-state index contributed by atoms with van der Waals surface area (Å²) >= 11 is 0. The zero-order chi connectivity index (χ0) is 24.3. The molecule has 0 fully saturated rings. The molecular formula is C31H38O3. The van der Waals surface area contributed by atoms with Crippen LogP contribution in [-0.4, -0.2) is 12.6 Å². The summed E-state index contributed by atoms with van der Waals surface area (Å²) in [4.78, 5) is 12.6. The molecule has 0 aliphatic carbocycles. The van der Waals surface area contributed by atoms with Crippen molar-refractivity contribution in [1.82, 2.24) is 0 Å². The second-order valence-electron chi connectivity index (χ2n) is 8.92. The van der Waals surface area contributed by atoms with E-state index >= 15 is 0 Å². The van der Waals surface area contributed by atoms with Crippen LogP contribution in [-0.2, 0) is 4.74 Å². The maximum Gasteiger partial charge on any atom is 0.343 e. The summed E-state index contributed by atoms with van der Waals surface area (Å²) in [6.45, 7) is 9.48. The molecule has 0 aromatic heterocycles. The number of ether oxygens (including phenoxy) is 2. The molecule has 3 nitrogen and oxygen atoms in total. The highest BCUT2D eigenvalue weighted by Gasteiger charge is 2.12. The fourth-order valence-corrected chi connectivity index (χ4v) is 4.17. The largest absolute Gasteiger partial charge is 0.423 e. The molecule has 0 aliphatic heterocycles. The van der Waals surface area contributed by atoms with Crippen molar-refractivity contribution in [3.05, 3.63) is 89.5 Å². The Morgan fingerprint density at radius 2 is 1.35 bits per heavy atom. The van der Waals surface area contributed by atoms with Crippen LogP contribution in [0.25, 0.3) is 11.1 Å². The quantitative estimate of drug-likeness (QED) is 0.155. The first-order chi connectivity index (χ1) is 16.5. The maximum absolute atomic E-state index is 12.6. The van der Waals surface area contributed by atoms with Gasteiger partial charge in [0.25, 0.3) is 0 Å². The summed E-state index contributed by atoms with van der Waals surface area (Å²) in [6, 6.07) is 24.0. The lowest BCUT2D eigenvalue weighted by Crippen LogP contribution is -2.08. The van der Waals surface area contributed by atoms with Crippen molar-refractivity contribution >= 4 is 5.97 Å². The van der Waals surface area contributed by atoms with Gasteiger partial charge >= 0.3 is 5.97 Å². The number of benzene rings is 3. The Bertz CT molecular complexity index is 1000. The summed E-state index contributed by atoms with van der Waals surface area (Å²) in [7, 11) is 0. The summed E-state index contributed by atoms with van der Waals surface area (Å²) in [5.74, 6) is 0.802. The zero-order valence-electron chi connectivity index (χ0n) is 21.1. The molecule has 3 rings (SSSR count). The minimum absolute atomic E-state index is 0.0892. The van der Waals surface area contributed by atoms with Crippen LogP contribution in [0.5, 0.6) is 5.75 Å². The molecule has 0 saturated heterocycles. The predicted octanol–water partition coefficient (Wildman–Crippen LogP) is 8.74. The minimum Gasteiger partial charge on any atom is -0.423 e. The lowest BCUT2D eigenvalue weighted by atomic mass is 9.92. The summed E-state index contributed by atoms with van der Waals surface area (Å²) in [6.07, 6.45) is 5.78. The Labute approximate surface area is 205 Å². The van der Waals surface area contributed by atoms with Crippen LogP contribution >= 0.6 is 0 Å². The van der Waals surface area contributed by atoms with E-state index in [9.17, 15) is 4.79 Å². The summed E-state index contributed by atoms with van der Waals surface area (Å²) in [5, 5.41) is 0. The van der Waals surface area contributed by atoms with Crippen molar-refractivity contribution in [3.63, 3.8) is 0 Å². The Kier molecular flexibility index (Phi) is 9.90. The molecule has 3 aromatic rings. The van der Waals surface area contributed by atoms with Crippen molar-refractivity contribution < 1.29 is 14.3 Å². The first-order valence-corrected chi connectivity index (χ1v) is 12.7. The molecule has 0 N–H and O–H groups in total. The number of unbranched alkanes of at least 4 members (excludes halogenated alkanes) is 1. The summed E-state index contributed by atoms with van der Waals surface area (Å²) < 4.78 is 11.5. The molecule has 34 heavy (non-hydrogen) atoms. The van der Waals surface area contributed by atoms with Crippen LogP contribution in [0.1, 0.15) is 93.3 Å². The van der Waals surface area contributed by atoms with Crippen molar-refractivity contribution in [2.24, 2.45) is 0 Å². The zero-order valence-corrected chi connectivity index (χ0v) is 21.1. The van der Waals surface area contributed by atoms with Gasteiger partial charge in [-0.1, -0.05) is 82.1 Å². The number of esters is 1. The van der Waals surface area contributed by atoms with Crippen molar-refractivity contribution in [1.29, 1.82) is 0 Å². The van der Waals surface area contributed by atoms with Crippen molar-refractivity contribution in [3.8, 4) is 16.9 Å². The van der Waals surface area contributed by atoms with Gasteiger partial charge < -0.3 is 9.47 Å². The van der Waals surface area contributed by atoms with Crippen LogP contribution in [0, 0.1) is 0 Å². The second-order valence-corrected chi connectivity index (χ2v) is 8.92. The Hall–Kier alpha value is -2.91. The van der Waals surface area contributed by atoms with E-state index in [1.54, 1.807) is 0 Å². The molecular weight excluding hydrogens is 420 g/mol. The third-order valence-corrected chi connectivity index (χ3v) is 6.39. The third-order valence-electron chi connectivity index (χ3n) is 6.39.